The molecule has 3 heterocycles. The fourth-order valence-corrected chi connectivity index (χ4v) is 5.85. The van der Waals surface area contributed by atoms with Crippen LogP contribution in [-0.4, -0.2) is 26.3 Å². The lowest BCUT2D eigenvalue weighted by molar-refractivity contribution is 0.414. The highest BCUT2D eigenvalue weighted by atomic mass is 79.9. The predicted molar refractivity (Wildman–Crippen MR) is 140 cm³/mol. The van der Waals surface area contributed by atoms with E-state index in [1.54, 1.807) is 23.8 Å². The summed E-state index contributed by atoms with van der Waals surface area (Å²) in [5.41, 5.74) is 5.77. The second-order valence-corrected chi connectivity index (χ2v) is 10.0. The van der Waals surface area contributed by atoms with Gasteiger partial charge in [-0.2, -0.15) is 0 Å². The first-order chi connectivity index (χ1) is 16.5. The summed E-state index contributed by atoms with van der Waals surface area (Å²) in [7, 11) is 1.65. The van der Waals surface area contributed by atoms with Crippen LogP contribution >= 0.6 is 39.7 Å². The van der Waals surface area contributed by atoms with Crippen LogP contribution in [0.25, 0.3) is 16.6 Å². The normalized spacial score (nSPS) is 14.7. The number of aromatic nitrogens is 3. The molecule has 0 amide bonds. The average Bonchev–Trinajstić information content (AvgIpc) is 3.32. The third-order valence-corrected chi connectivity index (χ3v) is 7.54. The number of halogens is 2. The molecule has 0 radical (unpaired) electrons. The minimum Gasteiger partial charge on any atom is -0.497 e. The van der Waals surface area contributed by atoms with Gasteiger partial charge in [-0.25, -0.2) is 0 Å². The molecule has 34 heavy (non-hydrogen) atoms. The highest BCUT2D eigenvalue weighted by Crippen LogP contribution is 2.44. The van der Waals surface area contributed by atoms with Gasteiger partial charge in [0.15, 0.2) is 4.77 Å². The average molecular weight is 553 g/mol. The topological polar surface area (TPSA) is 55.1 Å². The predicted octanol–water partition coefficient (Wildman–Crippen LogP) is 7.16. The van der Waals surface area contributed by atoms with Crippen LogP contribution in [0.4, 0.5) is 0 Å². The van der Waals surface area contributed by atoms with E-state index in [-0.39, 0.29) is 11.9 Å². The van der Waals surface area contributed by atoms with Gasteiger partial charge in [-0.05, 0) is 71.9 Å². The number of aromatic hydroxyl groups is 1. The Labute approximate surface area is 214 Å². The van der Waals surface area contributed by atoms with E-state index in [9.17, 15) is 5.11 Å². The molecule has 0 bridgehead atoms. The maximum atomic E-state index is 11.4. The molecule has 0 spiro atoms. The Hall–Kier alpha value is -3.00. The number of H-pyrrole nitrogens is 1. The number of methoxy groups -OCH3 is 1. The summed E-state index contributed by atoms with van der Waals surface area (Å²) in [6.07, 6.45) is 0.543. The van der Waals surface area contributed by atoms with Crippen molar-refractivity contribution in [3.05, 3.63) is 104 Å². The lowest BCUT2D eigenvalue weighted by Crippen LogP contribution is -2.21. The molecule has 1 unspecified atom stereocenters. The fraction of sp³-hybridized carbons (Fsp3) is 0.115. The molecule has 1 atom stereocenters. The molecule has 2 aromatic heterocycles. The van der Waals surface area contributed by atoms with Gasteiger partial charge in [0, 0.05) is 32.5 Å². The molecule has 1 aliphatic heterocycles. The zero-order chi connectivity index (χ0) is 23.6. The summed E-state index contributed by atoms with van der Waals surface area (Å²) in [5.74, 6) is 0.907. The van der Waals surface area contributed by atoms with Gasteiger partial charge in [-0.15, -0.1) is 0 Å². The van der Waals surface area contributed by atoms with Crippen LogP contribution in [0.5, 0.6) is 11.6 Å². The zero-order valence-corrected chi connectivity index (χ0v) is 21.2. The first-order valence-electron chi connectivity index (χ1n) is 10.7. The van der Waals surface area contributed by atoms with Crippen LogP contribution in [0.1, 0.15) is 28.6 Å². The molecule has 0 aliphatic carbocycles. The number of hydrogen-bond donors (Lipinski definition) is 2. The number of nitrogens with zero attached hydrogens (tertiary/aromatic N) is 2. The van der Waals surface area contributed by atoms with E-state index in [1.165, 1.54) is 0 Å². The molecule has 0 saturated heterocycles. The van der Waals surface area contributed by atoms with Crippen molar-refractivity contribution in [2.24, 2.45) is 0 Å². The lowest BCUT2D eigenvalue weighted by Gasteiger charge is -2.26. The molecular weight excluding hydrogens is 534 g/mol. The maximum absolute atomic E-state index is 11.4. The van der Waals surface area contributed by atoms with E-state index in [2.05, 4.69) is 33.0 Å². The lowest BCUT2D eigenvalue weighted by atomic mass is 9.93. The quantitative estimate of drug-likeness (QED) is 0.229. The summed E-state index contributed by atoms with van der Waals surface area (Å²) in [5, 5.41) is 13.1. The molecule has 2 N–H and O–H groups in total. The van der Waals surface area contributed by atoms with Crippen molar-refractivity contribution in [3.63, 3.8) is 0 Å². The molecule has 5 nitrogen and oxygen atoms in total. The van der Waals surface area contributed by atoms with Crippen molar-refractivity contribution >= 4 is 50.7 Å². The summed E-state index contributed by atoms with van der Waals surface area (Å²) in [4.78, 5) is 3.63. The summed E-state index contributed by atoms with van der Waals surface area (Å²) < 4.78 is 10.6. The highest BCUT2D eigenvalue weighted by Gasteiger charge is 2.34. The van der Waals surface area contributed by atoms with E-state index in [4.69, 9.17) is 28.6 Å². The van der Waals surface area contributed by atoms with Crippen LogP contribution in [-0.2, 0) is 6.42 Å². The SMILES string of the molecule is COc1ccc(C2c3[nH]c4ccc(Br)cc4c3Cc3c(O)n(-c4cccc(Cl)c4)c(=S)n32)cc1. The Morgan fingerprint density at radius 1 is 1.12 bits per heavy atom. The number of ether oxygens (including phenoxy) is 1. The van der Waals surface area contributed by atoms with Gasteiger partial charge in [0.2, 0.25) is 5.88 Å². The molecule has 5 aromatic rings. The van der Waals surface area contributed by atoms with Crippen molar-refractivity contribution in [2.45, 2.75) is 12.5 Å². The van der Waals surface area contributed by atoms with E-state index in [1.807, 2.05) is 47.0 Å². The fourth-order valence-electron chi connectivity index (χ4n) is 4.89. The molecule has 8 heteroatoms. The number of aromatic amines is 1. The minimum absolute atomic E-state index is 0.126. The van der Waals surface area contributed by atoms with Gasteiger partial charge >= 0.3 is 0 Å². The number of fused-ring (bicyclic) bond motifs is 4. The van der Waals surface area contributed by atoms with E-state index in [0.29, 0.717) is 16.2 Å². The van der Waals surface area contributed by atoms with Crippen LogP contribution in [0, 0.1) is 4.77 Å². The van der Waals surface area contributed by atoms with E-state index in [0.717, 1.165) is 49.3 Å². The number of rotatable bonds is 3. The third kappa shape index (κ3) is 3.22. The first kappa shape index (κ1) is 21.5. The monoisotopic (exact) mass is 551 g/mol. The van der Waals surface area contributed by atoms with Gasteiger partial charge < -0.3 is 19.4 Å². The number of hydrogen-bond acceptors (Lipinski definition) is 3. The smallest absolute Gasteiger partial charge is 0.218 e. The minimum atomic E-state index is -0.241. The van der Waals surface area contributed by atoms with Crippen LogP contribution in [0.15, 0.2) is 71.2 Å². The van der Waals surface area contributed by atoms with Crippen molar-refractivity contribution in [1.82, 2.24) is 14.1 Å². The van der Waals surface area contributed by atoms with Crippen LogP contribution < -0.4 is 4.74 Å². The Kier molecular flexibility index (Phi) is 5.09. The largest absolute Gasteiger partial charge is 0.497 e. The number of benzene rings is 3. The molecular formula is C26H19BrClN3O2S. The van der Waals surface area contributed by atoms with Crippen molar-refractivity contribution in [3.8, 4) is 17.3 Å². The maximum Gasteiger partial charge on any atom is 0.218 e. The first-order valence-corrected chi connectivity index (χ1v) is 12.3. The van der Waals surface area contributed by atoms with Gasteiger partial charge in [0.1, 0.15) is 11.8 Å². The van der Waals surface area contributed by atoms with Crippen molar-refractivity contribution in [2.75, 3.05) is 7.11 Å². The molecule has 0 fully saturated rings. The highest BCUT2D eigenvalue weighted by molar-refractivity contribution is 9.10. The Balaban J connectivity index is 1.65. The van der Waals surface area contributed by atoms with Crippen molar-refractivity contribution < 1.29 is 9.84 Å². The van der Waals surface area contributed by atoms with Gasteiger partial charge in [0.05, 0.1) is 18.5 Å². The van der Waals surface area contributed by atoms with Gasteiger partial charge in [-0.3, -0.25) is 4.57 Å². The Morgan fingerprint density at radius 3 is 2.65 bits per heavy atom. The second-order valence-electron chi connectivity index (χ2n) is 8.30. The Bertz CT molecular complexity index is 1630. The number of nitrogens with one attached hydrogen (secondary N) is 1. The Morgan fingerprint density at radius 2 is 1.91 bits per heavy atom. The van der Waals surface area contributed by atoms with Crippen molar-refractivity contribution in [1.29, 1.82) is 0 Å². The summed E-state index contributed by atoms with van der Waals surface area (Å²) >= 11 is 15.8. The third-order valence-electron chi connectivity index (χ3n) is 6.43. The summed E-state index contributed by atoms with van der Waals surface area (Å²) in [6, 6.07) is 21.3. The molecule has 3 aromatic carbocycles. The van der Waals surface area contributed by atoms with E-state index >= 15 is 0 Å². The van der Waals surface area contributed by atoms with Crippen LogP contribution in [0.3, 0.4) is 0 Å². The standard InChI is InChI=1S/C26H19BrClN3O2S/c1-33-18-8-5-14(6-9-18)24-23-20(19-11-15(27)7-10-21(19)29-23)13-22-25(32)30(26(34)31(22)24)17-4-2-3-16(28)12-17/h2-12,24,29,32H,13H2,1H3. The molecule has 6 rings (SSSR count). The molecule has 170 valence electrons. The van der Waals surface area contributed by atoms with E-state index < -0.39 is 0 Å². The zero-order valence-electron chi connectivity index (χ0n) is 18.0. The van der Waals surface area contributed by atoms with Crippen LogP contribution in [0.2, 0.25) is 5.02 Å². The van der Waals surface area contributed by atoms with Gasteiger partial charge in [-0.1, -0.05) is 45.7 Å². The second kappa shape index (κ2) is 8.05. The number of imidazole rings is 1. The van der Waals surface area contributed by atoms with Gasteiger partial charge in [0.25, 0.3) is 0 Å². The summed E-state index contributed by atoms with van der Waals surface area (Å²) in [6.45, 7) is 0. The molecule has 1 aliphatic rings. The molecule has 0 saturated carbocycles.